The zero-order valence-corrected chi connectivity index (χ0v) is 45.1. The maximum Gasteiger partial charge on any atom is 0.335 e. The summed E-state index contributed by atoms with van der Waals surface area (Å²) < 4.78 is 115. The van der Waals surface area contributed by atoms with Crippen LogP contribution in [0, 0.1) is 41.5 Å². The SMILES string of the molecule is COCCn1c(Cc2cc(F)c(-c3cccc(OCc4ccc(C(N)=O)cc4F)n3)cc2F)nc2ccc(C(=O)O)cc21.[C-]#[N+]c1ccc(COc2cccc(-c3cc(F)c(Cc4nc5ccc(C(=O)O)cc5n4CCOC)cc3F)n2)c(F)c1. The molecule has 4 N–H and O–H groups in total. The first-order valence-electron chi connectivity index (χ1n) is 25.7. The van der Waals surface area contributed by atoms with Crippen molar-refractivity contribution in [3.05, 3.63) is 230 Å². The fourth-order valence-electron chi connectivity index (χ4n) is 9.06. The number of hydrogen-bond acceptors (Lipinski definition) is 11. The van der Waals surface area contributed by atoms with E-state index in [0.29, 0.717) is 60.0 Å². The highest BCUT2D eigenvalue weighted by atomic mass is 19.1. The Morgan fingerprint density at radius 2 is 0.953 bits per heavy atom. The third kappa shape index (κ3) is 13.7. The van der Waals surface area contributed by atoms with Gasteiger partial charge in [-0.3, -0.25) is 4.79 Å². The van der Waals surface area contributed by atoms with Crippen molar-refractivity contribution in [2.75, 3.05) is 27.4 Å². The van der Waals surface area contributed by atoms with Gasteiger partial charge in [-0.05, 0) is 102 Å². The predicted octanol–water partition coefficient (Wildman–Crippen LogP) is 11.7. The number of pyridine rings is 2. The number of halogens is 6. The molecule has 85 heavy (non-hydrogen) atoms. The lowest BCUT2D eigenvalue weighted by atomic mass is 10.0. The molecular weight excluding hydrogens is 1110 g/mol. The number of methoxy groups -OCH3 is 2. The number of nitrogens with two attached hydrogens (primary N) is 1. The van der Waals surface area contributed by atoms with E-state index in [1.54, 1.807) is 33.4 Å². The number of aromatic carboxylic acids is 2. The first-order valence-corrected chi connectivity index (χ1v) is 25.7. The van der Waals surface area contributed by atoms with Crippen molar-refractivity contribution in [2.45, 2.75) is 39.1 Å². The van der Waals surface area contributed by atoms with Gasteiger partial charge in [0.05, 0.1) is 64.4 Å². The zero-order chi connectivity index (χ0) is 60.5. The van der Waals surface area contributed by atoms with E-state index in [4.69, 9.17) is 31.3 Å². The van der Waals surface area contributed by atoms with Gasteiger partial charge >= 0.3 is 11.9 Å². The lowest BCUT2D eigenvalue weighted by Crippen LogP contribution is -2.12. The van der Waals surface area contributed by atoms with Gasteiger partial charge in [0.2, 0.25) is 17.7 Å². The number of carbonyl (C=O) groups is 3. The number of ether oxygens (including phenoxy) is 4. The van der Waals surface area contributed by atoms with Crippen LogP contribution in [-0.2, 0) is 48.6 Å². The highest BCUT2D eigenvalue weighted by molar-refractivity contribution is 5.94. The number of fused-ring (bicyclic) bond motifs is 2. The molecule has 0 spiro atoms. The summed E-state index contributed by atoms with van der Waals surface area (Å²) >= 11 is 0. The molecule has 0 radical (unpaired) electrons. The number of carboxylic acid groups (broad SMARTS) is 2. The summed E-state index contributed by atoms with van der Waals surface area (Å²) in [6.07, 6.45) is -0.126. The van der Waals surface area contributed by atoms with Gasteiger partial charge in [0.15, 0.2) is 5.69 Å². The lowest BCUT2D eigenvalue weighted by Gasteiger charge is -2.12. The molecule has 10 rings (SSSR count). The minimum atomic E-state index is -1.10. The number of primary amides is 1. The van der Waals surface area contributed by atoms with Crippen molar-refractivity contribution < 1.29 is 69.9 Å². The Balaban J connectivity index is 0.000000204. The third-order valence-corrected chi connectivity index (χ3v) is 13.4. The van der Waals surface area contributed by atoms with Gasteiger partial charge in [-0.2, -0.15) is 0 Å². The Hall–Kier alpha value is -10.4. The Labute approximate surface area is 479 Å². The molecule has 0 unspecified atom stereocenters. The molecule has 4 aromatic heterocycles. The molecule has 0 bridgehead atoms. The summed E-state index contributed by atoms with van der Waals surface area (Å²) in [7, 11) is 3.04. The first kappa shape index (κ1) is 59.2. The number of nitrogens with zero attached hydrogens (tertiary/aromatic N) is 7. The summed E-state index contributed by atoms with van der Waals surface area (Å²) in [5.41, 5.74) is 8.08. The smallest absolute Gasteiger partial charge is 0.335 e. The largest absolute Gasteiger partial charge is 0.478 e. The van der Waals surface area contributed by atoms with E-state index in [9.17, 15) is 33.4 Å². The molecule has 0 aliphatic carbocycles. The molecule has 23 heteroatoms. The zero-order valence-electron chi connectivity index (χ0n) is 45.1. The van der Waals surface area contributed by atoms with Gasteiger partial charge in [-0.15, -0.1) is 0 Å². The molecule has 0 saturated carbocycles. The van der Waals surface area contributed by atoms with E-state index >= 15 is 17.6 Å². The van der Waals surface area contributed by atoms with Crippen molar-refractivity contribution in [1.29, 1.82) is 0 Å². The Bertz CT molecular complexity index is 4240. The van der Waals surface area contributed by atoms with Gasteiger partial charge in [0, 0.05) is 80.1 Å². The summed E-state index contributed by atoms with van der Waals surface area (Å²) in [6.45, 7) is 7.81. The van der Waals surface area contributed by atoms with E-state index in [0.717, 1.165) is 36.4 Å². The Morgan fingerprint density at radius 1 is 0.518 bits per heavy atom. The van der Waals surface area contributed by atoms with Crippen LogP contribution < -0.4 is 15.2 Å². The molecule has 17 nitrogen and oxygen atoms in total. The molecule has 0 fully saturated rings. The second-order valence-electron chi connectivity index (χ2n) is 18.9. The summed E-state index contributed by atoms with van der Waals surface area (Å²) in [5, 5.41) is 18.8. The number of hydrogen-bond donors (Lipinski definition) is 3. The number of rotatable bonds is 21. The van der Waals surface area contributed by atoms with Crippen molar-refractivity contribution in [3.8, 4) is 34.3 Å². The molecule has 6 aromatic carbocycles. The van der Waals surface area contributed by atoms with E-state index in [1.165, 1.54) is 87.0 Å². The van der Waals surface area contributed by atoms with Crippen molar-refractivity contribution in [2.24, 2.45) is 5.73 Å². The van der Waals surface area contributed by atoms with Crippen LogP contribution in [0.1, 0.15) is 65.0 Å². The Kier molecular flexibility index (Phi) is 18.3. The van der Waals surface area contributed by atoms with Gasteiger partial charge in [-0.25, -0.2) is 60.7 Å². The van der Waals surface area contributed by atoms with Gasteiger partial charge in [-0.1, -0.05) is 30.3 Å². The first-order chi connectivity index (χ1) is 40.9. The normalized spacial score (nSPS) is 11.1. The average Bonchev–Trinajstić information content (AvgIpc) is 3.55. The molecule has 0 atom stereocenters. The fraction of sp³-hybridized carbons (Fsp3) is 0.161. The van der Waals surface area contributed by atoms with Crippen molar-refractivity contribution in [1.82, 2.24) is 29.1 Å². The van der Waals surface area contributed by atoms with E-state index < -0.39 is 52.7 Å². The van der Waals surface area contributed by atoms with E-state index in [2.05, 4.69) is 24.8 Å². The maximum absolute atomic E-state index is 15.4. The number of benzene rings is 6. The quantitative estimate of drug-likeness (QED) is 0.0451. The van der Waals surface area contributed by atoms with Crippen LogP contribution in [0.2, 0.25) is 0 Å². The van der Waals surface area contributed by atoms with Crippen LogP contribution in [0.25, 0.3) is 49.4 Å². The van der Waals surface area contributed by atoms with Crippen LogP contribution in [0.4, 0.5) is 32.0 Å². The molecule has 0 aliphatic rings. The van der Waals surface area contributed by atoms with Gasteiger partial charge in [0.25, 0.3) is 0 Å². The van der Waals surface area contributed by atoms with Crippen molar-refractivity contribution in [3.63, 3.8) is 0 Å². The number of aromatic nitrogens is 6. The number of amides is 1. The van der Waals surface area contributed by atoms with Gasteiger partial charge in [0.1, 0.15) is 59.8 Å². The summed E-state index contributed by atoms with van der Waals surface area (Å²) in [5.74, 6) is -6.11. The monoisotopic (exact) mass is 1160 g/mol. The van der Waals surface area contributed by atoms with Crippen LogP contribution in [-0.4, -0.2) is 84.6 Å². The summed E-state index contributed by atoms with van der Waals surface area (Å²) in [4.78, 5) is 54.9. The average molecular weight is 1160 g/mol. The molecule has 1 amide bonds. The number of imidazole rings is 2. The van der Waals surface area contributed by atoms with Crippen LogP contribution >= 0.6 is 0 Å². The summed E-state index contributed by atoms with van der Waals surface area (Å²) in [6, 6.07) is 30.0. The molecule has 0 saturated heterocycles. The second kappa shape index (κ2) is 26.2. The minimum absolute atomic E-state index is 0.0156. The minimum Gasteiger partial charge on any atom is -0.478 e. The van der Waals surface area contributed by atoms with Gasteiger partial charge < -0.3 is 44.0 Å². The highest BCUT2D eigenvalue weighted by Crippen LogP contribution is 2.31. The number of carboxylic acids is 2. The Morgan fingerprint density at radius 3 is 1.36 bits per heavy atom. The lowest BCUT2D eigenvalue weighted by molar-refractivity contribution is 0.0686. The van der Waals surface area contributed by atoms with E-state index in [-0.39, 0.29) is 105 Å². The second-order valence-corrected chi connectivity index (χ2v) is 18.9. The number of carbonyl (C=O) groups excluding carboxylic acids is 1. The highest BCUT2D eigenvalue weighted by Gasteiger charge is 2.22. The molecular formula is C62H48F6N8O9. The van der Waals surface area contributed by atoms with Crippen LogP contribution in [0.3, 0.4) is 0 Å². The molecule has 432 valence electrons. The molecule has 0 aliphatic heterocycles. The van der Waals surface area contributed by atoms with Crippen LogP contribution in [0.5, 0.6) is 11.8 Å². The third-order valence-electron chi connectivity index (χ3n) is 13.4. The van der Waals surface area contributed by atoms with Crippen molar-refractivity contribution >= 4 is 45.6 Å². The standard InChI is InChI=1S/C31H25F3N4O5.C31H23F3N4O4/c1-42-10-9-38-27-13-18(31(40)41)7-8-26(27)36-28(38)14-20-12-24(34)21(15-23(20)33)25-3-2-4-29(37-25)43-16-19-6-5-17(30(35)39)11-22(19)32;1-35-21-8-6-19(23(32)15-21)17-42-30-5-3-4-26(37-30)22-16-24(33)20(12-25(22)34)14-29-36-27-9-7-18(31(39)40)13-28(27)38(29)10-11-41-2/h2-8,11-13,15H,9-10,14,16H2,1H3,(H2,35,39)(H,40,41);3-9,12-13,15-16H,10-11,14,17H2,2H3,(H,39,40). The van der Waals surface area contributed by atoms with Crippen LogP contribution in [0.15, 0.2) is 133 Å². The fourth-order valence-corrected chi connectivity index (χ4v) is 9.06. The molecule has 4 heterocycles. The predicted molar refractivity (Wildman–Crippen MR) is 298 cm³/mol. The topological polar surface area (TPSA) is 220 Å². The van der Waals surface area contributed by atoms with E-state index in [1.807, 2.05) is 0 Å². The molecule has 10 aromatic rings. The maximum atomic E-state index is 15.4.